The summed E-state index contributed by atoms with van der Waals surface area (Å²) in [4.78, 5) is 24.4. The van der Waals surface area contributed by atoms with Gasteiger partial charge < -0.3 is 60.4 Å². The summed E-state index contributed by atoms with van der Waals surface area (Å²) >= 11 is 0. The minimum Gasteiger partial charge on any atom is -0.481 e. The lowest BCUT2D eigenvalue weighted by Gasteiger charge is -2.45. The summed E-state index contributed by atoms with van der Waals surface area (Å²) in [6.07, 6.45) is 3.91. The fourth-order valence-corrected chi connectivity index (χ4v) is 5.71. The van der Waals surface area contributed by atoms with E-state index >= 15 is 0 Å². The number of aliphatic hydroxyl groups is 6. The zero-order chi connectivity index (χ0) is 34.7. The topological polar surface area (TPSA) is 239 Å². The van der Waals surface area contributed by atoms with Gasteiger partial charge in [-0.25, -0.2) is 0 Å². The van der Waals surface area contributed by atoms with Crippen LogP contribution in [0.5, 0.6) is 0 Å². The van der Waals surface area contributed by atoms with Gasteiger partial charge in [-0.2, -0.15) is 0 Å². The number of hydrogen-bond donors (Lipinski definition) is 8. The van der Waals surface area contributed by atoms with Gasteiger partial charge in [-0.3, -0.25) is 9.59 Å². The number of carbonyl (C=O) groups excluding carboxylic acids is 1. The summed E-state index contributed by atoms with van der Waals surface area (Å²) in [5, 5.41) is 73.8. The molecule has 0 amide bonds. The monoisotopic (exact) mass is 667 g/mol. The number of aliphatic carboxylic acids is 1. The minimum atomic E-state index is -2.13. The molecule has 0 radical (unpaired) electrons. The van der Waals surface area contributed by atoms with E-state index in [-0.39, 0.29) is 19.3 Å². The van der Waals surface area contributed by atoms with E-state index in [4.69, 9.17) is 24.7 Å². The molecule has 3 aliphatic heterocycles. The highest BCUT2D eigenvalue weighted by Crippen LogP contribution is 2.38. The third-order valence-corrected chi connectivity index (χ3v) is 8.18. The van der Waals surface area contributed by atoms with Gasteiger partial charge in [-0.1, -0.05) is 60.8 Å². The van der Waals surface area contributed by atoms with E-state index in [1.54, 1.807) is 56.4 Å². The van der Waals surface area contributed by atoms with Crippen LogP contribution in [-0.4, -0.2) is 121 Å². The van der Waals surface area contributed by atoms with Crippen molar-refractivity contribution in [1.82, 2.24) is 0 Å². The Hall–Kier alpha value is -2.76. The highest BCUT2D eigenvalue weighted by Gasteiger charge is 2.50. The number of ether oxygens (including phenoxy) is 4. The molecular formula is C33H49NO13. The van der Waals surface area contributed by atoms with Gasteiger partial charge in [-0.15, -0.1) is 0 Å². The van der Waals surface area contributed by atoms with Crippen LogP contribution >= 0.6 is 0 Å². The predicted octanol–water partition coefficient (Wildman–Crippen LogP) is 0.103. The Kier molecular flexibility index (Phi) is 14.9. The van der Waals surface area contributed by atoms with Crippen LogP contribution in [0.15, 0.2) is 60.8 Å². The van der Waals surface area contributed by atoms with Crippen molar-refractivity contribution in [2.45, 2.75) is 125 Å². The van der Waals surface area contributed by atoms with Crippen molar-refractivity contribution in [2.75, 3.05) is 0 Å². The van der Waals surface area contributed by atoms with Gasteiger partial charge in [0.15, 0.2) is 12.1 Å². The Morgan fingerprint density at radius 3 is 2.32 bits per heavy atom. The minimum absolute atomic E-state index is 0.0579. The maximum atomic E-state index is 12.2. The number of carboxylic acid groups (broad SMARTS) is 1. The van der Waals surface area contributed by atoms with Crippen LogP contribution < -0.4 is 5.73 Å². The lowest BCUT2D eigenvalue weighted by atomic mass is 9.83. The average Bonchev–Trinajstić information content (AvgIpc) is 2.96. The SMILES string of the molecule is C[C@@H]1C/C=C/C=C/C=C/C=C/[C@H](O[C@@H]2O[C@H](C)[C@@H](O)[C@H](N)[C@@H]2O)C[C@@H]2O[C@](O)(C[C@@H](O)C/C=C/[C@H](O)CC(=O)O1)C[C@H](O)[C@H]2C(=O)O. The lowest BCUT2D eigenvalue weighted by molar-refractivity contribution is -0.308. The molecule has 264 valence electrons. The maximum Gasteiger partial charge on any atom is 0.311 e. The zero-order valence-corrected chi connectivity index (χ0v) is 26.6. The summed E-state index contributed by atoms with van der Waals surface area (Å²) in [5.41, 5.74) is 5.96. The van der Waals surface area contributed by atoms with E-state index in [9.17, 15) is 45.3 Å². The largest absolute Gasteiger partial charge is 0.481 e. The van der Waals surface area contributed by atoms with Gasteiger partial charge in [0.05, 0.1) is 55.2 Å². The Morgan fingerprint density at radius 1 is 0.936 bits per heavy atom. The van der Waals surface area contributed by atoms with Crippen LogP contribution in [0.2, 0.25) is 0 Å². The van der Waals surface area contributed by atoms with Crippen molar-refractivity contribution >= 4 is 11.9 Å². The summed E-state index contributed by atoms with van der Waals surface area (Å²) < 4.78 is 22.9. The number of esters is 1. The molecule has 0 aromatic heterocycles. The second-order valence-electron chi connectivity index (χ2n) is 12.3. The average molecular weight is 668 g/mol. The molecule has 0 spiro atoms. The Morgan fingerprint density at radius 2 is 1.62 bits per heavy atom. The molecule has 3 rings (SSSR count). The first-order valence-corrected chi connectivity index (χ1v) is 15.8. The number of hydrogen-bond acceptors (Lipinski definition) is 13. The number of aliphatic hydroxyl groups excluding tert-OH is 5. The molecule has 3 aliphatic rings. The third-order valence-electron chi connectivity index (χ3n) is 8.18. The van der Waals surface area contributed by atoms with E-state index in [1.807, 2.05) is 6.08 Å². The molecule has 13 atom stereocenters. The van der Waals surface area contributed by atoms with Crippen LogP contribution in [0.4, 0.5) is 0 Å². The lowest BCUT2D eigenvalue weighted by Crippen LogP contribution is -2.61. The Bertz CT molecular complexity index is 1170. The second kappa shape index (κ2) is 18.1. The Labute approximate surface area is 274 Å². The Balaban J connectivity index is 1.90. The molecule has 0 aromatic rings. The first-order chi connectivity index (χ1) is 22.2. The van der Waals surface area contributed by atoms with Crippen LogP contribution in [0.1, 0.15) is 52.4 Å². The van der Waals surface area contributed by atoms with Gasteiger partial charge >= 0.3 is 11.9 Å². The van der Waals surface area contributed by atoms with Gasteiger partial charge in [0.2, 0.25) is 0 Å². The fraction of sp³-hybridized carbons (Fsp3) is 0.636. The van der Waals surface area contributed by atoms with Crippen molar-refractivity contribution in [1.29, 1.82) is 0 Å². The second-order valence-corrected chi connectivity index (χ2v) is 12.3. The van der Waals surface area contributed by atoms with Crippen LogP contribution in [0, 0.1) is 5.92 Å². The van der Waals surface area contributed by atoms with Crippen LogP contribution in [0.25, 0.3) is 0 Å². The van der Waals surface area contributed by atoms with Gasteiger partial charge in [0, 0.05) is 25.7 Å². The van der Waals surface area contributed by atoms with E-state index in [0.29, 0.717) is 6.42 Å². The first-order valence-electron chi connectivity index (χ1n) is 15.8. The summed E-state index contributed by atoms with van der Waals surface area (Å²) in [6, 6.07) is -1.09. The summed E-state index contributed by atoms with van der Waals surface area (Å²) in [6.45, 7) is 3.28. The molecule has 0 aliphatic carbocycles. The molecule has 0 unspecified atom stereocenters. The standard InChI is InChI=1S/C33H49NO13/c1-19-11-8-6-4-3-5-7-9-14-23(46-32-30(40)28(34)29(39)20(2)45-32)16-25-27(31(41)42)24(37)18-33(43,47-25)17-22(36)13-10-12-21(35)15-26(38)44-19/h3-10,12,14,19-25,27-30,32,35-37,39-40,43H,11,13,15-18,34H2,1-2H3,(H,41,42)/b4-3+,7-5+,8-6+,12-10+,14-9+/t19-,20-,21+,22+,23+,24+,25+,27-,28+,29-,30+,32+,33-/m1/s1. The van der Waals surface area contributed by atoms with Crippen molar-refractivity contribution in [3.8, 4) is 0 Å². The number of fused-ring (bicyclic) bond motifs is 2. The number of carboxylic acids is 1. The van der Waals surface area contributed by atoms with Crippen molar-refractivity contribution in [3.63, 3.8) is 0 Å². The van der Waals surface area contributed by atoms with Gasteiger partial charge in [0.25, 0.3) is 0 Å². The quantitative estimate of drug-likeness (QED) is 0.147. The van der Waals surface area contributed by atoms with Crippen LogP contribution in [-0.2, 0) is 28.5 Å². The van der Waals surface area contributed by atoms with Crippen LogP contribution in [0.3, 0.4) is 0 Å². The normalized spacial score (nSPS) is 45.0. The maximum absolute atomic E-state index is 12.2. The molecule has 14 heteroatoms. The van der Waals surface area contributed by atoms with Gasteiger partial charge in [0.1, 0.15) is 18.1 Å². The molecular weight excluding hydrogens is 618 g/mol. The molecule has 0 saturated carbocycles. The highest BCUT2D eigenvalue weighted by atomic mass is 16.7. The van der Waals surface area contributed by atoms with Crippen molar-refractivity contribution in [2.24, 2.45) is 11.7 Å². The number of cyclic esters (lactones) is 1. The number of carbonyl (C=O) groups is 2. The van der Waals surface area contributed by atoms with E-state index in [2.05, 4.69) is 0 Å². The van der Waals surface area contributed by atoms with E-state index in [1.165, 1.54) is 12.2 Å². The number of allylic oxidation sites excluding steroid dienone is 6. The number of rotatable bonds is 3. The van der Waals surface area contributed by atoms with Gasteiger partial charge in [-0.05, 0) is 20.3 Å². The molecule has 2 saturated heterocycles. The molecule has 2 bridgehead atoms. The predicted molar refractivity (Wildman–Crippen MR) is 167 cm³/mol. The molecule has 3 heterocycles. The smallest absolute Gasteiger partial charge is 0.311 e. The molecule has 47 heavy (non-hydrogen) atoms. The van der Waals surface area contributed by atoms with E-state index < -0.39 is 104 Å². The summed E-state index contributed by atoms with van der Waals surface area (Å²) in [5.74, 6) is -5.59. The highest BCUT2D eigenvalue weighted by molar-refractivity contribution is 5.71. The van der Waals surface area contributed by atoms with Crippen molar-refractivity contribution in [3.05, 3.63) is 60.8 Å². The summed E-state index contributed by atoms with van der Waals surface area (Å²) in [7, 11) is 0. The first kappa shape index (κ1) is 38.7. The fourth-order valence-electron chi connectivity index (χ4n) is 5.71. The molecule has 2 fully saturated rings. The van der Waals surface area contributed by atoms with Crippen molar-refractivity contribution < 1.29 is 64.3 Å². The molecule has 0 aromatic carbocycles. The third kappa shape index (κ3) is 12.0. The zero-order valence-electron chi connectivity index (χ0n) is 26.6. The van der Waals surface area contributed by atoms with E-state index in [0.717, 1.165) is 0 Å². The molecule has 9 N–H and O–H groups in total. The molecule has 14 nitrogen and oxygen atoms in total. The number of nitrogens with two attached hydrogens (primary N) is 1.